The summed E-state index contributed by atoms with van der Waals surface area (Å²) in [5.74, 6) is 0.847. The average molecular weight is 297 g/mol. The molecule has 0 saturated carbocycles. The highest BCUT2D eigenvalue weighted by Gasteiger charge is 2.04. The zero-order valence-corrected chi connectivity index (χ0v) is 13.3. The Balaban J connectivity index is 1.84. The van der Waals surface area contributed by atoms with Crippen LogP contribution < -0.4 is 10.1 Å². The Hall–Kier alpha value is -2.29. The number of rotatable bonds is 7. The van der Waals surface area contributed by atoms with Gasteiger partial charge in [-0.2, -0.15) is 0 Å². The molecule has 0 aromatic heterocycles. The number of aryl methyl sites for hydroxylation is 1. The van der Waals surface area contributed by atoms with Crippen LogP contribution in [0.3, 0.4) is 0 Å². The van der Waals surface area contributed by atoms with E-state index < -0.39 is 0 Å². The first-order valence-electron chi connectivity index (χ1n) is 7.75. The van der Waals surface area contributed by atoms with Crippen molar-refractivity contribution in [3.05, 3.63) is 59.7 Å². The number of hydrogen-bond acceptors (Lipinski definition) is 2. The molecule has 3 heteroatoms. The molecule has 1 amide bonds. The van der Waals surface area contributed by atoms with Gasteiger partial charge in [0.25, 0.3) is 0 Å². The molecule has 0 aliphatic heterocycles. The van der Waals surface area contributed by atoms with Crippen LogP contribution in [-0.4, -0.2) is 12.5 Å². The highest BCUT2D eigenvalue weighted by molar-refractivity contribution is 5.92. The Kier molecular flexibility index (Phi) is 6.01. The van der Waals surface area contributed by atoms with E-state index in [-0.39, 0.29) is 5.91 Å². The molecule has 2 aromatic carbocycles. The minimum absolute atomic E-state index is 0.0106. The maximum Gasteiger partial charge on any atom is 0.228 e. The smallest absolute Gasteiger partial charge is 0.228 e. The van der Waals surface area contributed by atoms with Gasteiger partial charge in [0, 0.05) is 5.69 Å². The average Bonchev–Trinajstić information content (AvgIpc) is 2.51. The molecule has 0 atom stereocenters. The van der Waals surface area contributed by atoms with Crippen LogP contribution in [0.1, 0.15) is 30.9 Å². The largest absolute Gasteiger partial charge is 0.494 e. The molecule has 1 N–H and O–H groups in total. The van der Waals surface area contributed by atoms with Gasteiger partial charge in [-0.15, -0.1) is 0 Å². The highest BCUT2D eigenvalue weighted by Crippen LogP contribution is 2.14. The standard InChI is InChI=1S/C19H23NO2/c1-3-4-13-22-18-11-7-16(8-12-18)14-19(21)20-17-9-5-15(2)6-10-17/h5-12H,3-4,13-14H2,1-2H3,(H,20,21). The first-order valence-corrected chi connectivity index (χ1v) is 7.75. The van der Waals surface area contributed by atoms with Gasteiger partial charge in [0.15, 0.2) is 0 Å². The van der Waals surface area contributed by atoms with Crippen LogP contribution in [-0.2, 0) is 11.2 Å². The van der Waals surface area contributed by atoms with E-state index in [0.717, 1.165) is 36.4 Å². The van der Waals surface area contributed by atoms with Crippen molar-refractivity contribution in [1.29, 1.82) is 0 Å². The molecule has 0 spiro atoms. The van der Waals surface area contributed by atoms with Crippen LogP contribution >= 0.6 is 0 Å². The number of anilines is 1. The first kappa shape index (κ1) is 16.1. The van der Waals surface area contributed by atoms with Crippen LogP contribution in [0.15, 0.2) is 48.5 Å². The van der Waals surface area contributed by atoms with Gasteiger partial charge in [0.2, 0.25) is 5.91 Å². The van der Waals surface area contributed by atoms with Crippen LogP contribution in [0.2, 0.25) is 0 Å². The van der Waals surface area contributed by atoms with E-state index in [0.29, 0.717) is 6.42 Å². The molecule has 0 radical (unpaired) electrons. The summed E-state index contributed by atoms with van der Waals surface area (Å²) in [6, 6.07) is 15.5. The number of ether oxygens (including phenoxy) is 1. The van der Waals surface area contributed by atoms with E-state index in [1.807, 2.05) is 55.5 Å². The van der Waals surface area contributed by atoms with Gasteiger partial charge in [-0.05, 0) is 43.2 Å². The number of nitrogens with one attached hydrogen (secondary N) is 1. The van der Waals surface area contributed by atoms with Gasteiger partial charge in [-0.3, -0.25) is 4.79 Å². The van der Waals surface area contributed by atoms with Gasteiger partial charge in [-0.25, -0.2) is 0 Å². The monoisotopic (exact) mass is 297 g/mol. The lowest BCUT2D eigenvalue weighted by atomic mass is 10.1. The summed E-state index contributed by atoms with van der Waals surface area (Å²) in [5.41, 5.74) is 2.99. The summed E-state index contributed by atoms with van der Waals surface area (Å²) < 4.78 is 5.61. The third-order valence-corrected chi connectivity index (χ3v) is 3.39. The van der Waals surface area contributed by atoms with Crippen molar-refractivity contribution < 1.29 is 9.53 Å². The molecular weight excluding hydrogens is 274 g/mol. The zero-order valence-electron chi connectivity index (χ0n) is 13.3. The molecule has 3 nitrogen and oxygen atoms in total. The third-order valence-electron chi connectivity index (χ3n) is 3.39. The molecule has 0 fully saturated rings. The van der Waals surface area contributed by atoms with Crippen molar-refractivity contribution in [1.82, 2.24) is 0 Å². The third kappa shape index (κ3) is 5.24. The molecule has 0 aliphatic rings. The fraction of sp³-hybridized carbons (Fsp3) is 0.316. The molecule has 0 aliphatic carbocycles. The Morgan fingerprint density at radius 2 is 1.73 bits per heavy atom. The molecule has 2 rings (SSSR count). The minimum atomic E-state index is -0.0106. The first-order chi connectivity index (χ1) is 10.7. The van der Waals surface area contributed by atoms with Gasteiger partial charge >= 0.3 is 0 Å². The van der Waals surface area contributed by atoms with E-state index in [1.165, 1.54) is 5.56 Å². The molecule has 22 heavy (non-hydrogen) atoms. The van der Waals surface area contributed by atoms with Crippen molar-refractivity contribution >= 4 is 11.6 Å². The second-order valence-corrected chi connectivity index (χ2v) is 5.44. The van der Waals surface area contributed by atoms with E-state index in [1.54, 1.807) is 0 Å². The normalized spacial score (nSPS) is 10.3. The predicted octanol–water partition coefficient (Wildman–Crippen LogP) is 4.36. The Morgan fingerprint density at radius 1 is 1.05 bits per heavy atom. The van der Waals surface area contributed by atoms with Gasteiger partial charge in [0.05, 0.1) is 13.0 Å². The summed E-state index contributed by atoms with van der Waals surface area (Å²) in [6.07, 6.45) is 2.54. The number of carbonyl (C=O) groups excluding carboxylic acids is 1. The number of unbranched alkanes of at least 4 members (excludes halogenated alkanes) is 1. The van der Waals surface area contributed by atoms with Gasteiger partial charge < -0.3 is 10.1 Å². The van der Waals surface area contributed by atoms with E-state index in [9.17, 15) is 4.79 Å². The van der Waals surface area contributed by atoms with Crippen molar-refractivity contribution in [2.24, 2.45) is 0 Å². The molecule has 116 valence electrons. The Morgan fingerprint density at radius 3 is 2.36 bits per heavy atom. The SMILES string of the molecule is CCCCOc1ccc(CC(=O)Nc2ccc(C)cc2)cc1. The molecule has 0 bridgehead atoms. The van der Waals surface area contributed by atoms with Crippen molar-refractivity contribution in [3.8, 4) is 5.75 Å². The minimum Gasteiger partial charge on any atom is -0.494 e. The Bertz CT molecular complexity index is 588. The van der Waals surface area contributed by atoms with Crippen molar-refractivity contribution in [3.63, 3.8) is 0 Å². The molecule has 0 saturated heterocycles. The lowest BCUT2D eigenvalue weighted by Crippen LogP contribution is -2.14. The molecule has 0 unspecified atom stereocenters. The van der Waals surface area contributed by atoms with Crippen LogP contribution in [0, 0.1) is 6.92 Å². The zero-order chi connectivity index (χ0) is 15.8. The summed E-state index contributed by atoms with van der Waals surface area (Å²) in [6.45, 7) is 4.90. The Labute approximate surface area is 132 Å². The van der Waals surface area contributed by atoms with Crippen molar-refractivity contribution in [2.45, 2.75) is 33.1 Å². The van der Waals surface area contributed by atoms with Crippen LogP contribution in [0.4, 0.5) is 5.69 Å². The summed E-state index contributed by atoms with van der Waals surface area (Å²) in [5, 5.41) is 2.90. The van der Waals surface area contributed by atoms with E-state index >= 15 is 0 Å². The fourth-order valence-corrected chi connectivity index (χ4v) is 2.07. The fourth-order valence-electron chi connectivity index (χ4n) is 2.07. The second-order valence-electron chi connectivity index (χ2n) is 5.44. The number of benzene rings is 2. The summed E-state index contributed by atoms with van der Waals surface area (Å²) >= 11 is 0. The van der Waals surface area contributed by atoms with Gasteiger partial charge in [0.1, 0.15) is 5.75 Å². The topological polar surface area (TPSA) is 38.3 Å². The molecular formula is C19H23NO2. The summed E-state index contributed by atoms with van der Waals surface area (Å²) in [7, 11) is 0. The number of carbonyl (C=O) groups is 1. The highest BCUT2D eigenvalue weighted by atomic mass is 16.5. The lowest BCUT2D eigenvalue weighted by Gasteiger charge is -2.08. The van der Waals surface area contributed by atoms with E-state index in [4.69, 9.17) is 4.74 Å². The van der Waals surface area contributed by atoms with Crippen LogP contribution in [0.5, 0.6) is 5.75 Å². The van der Waals surface area contributed by atoms with Gasteiger partial charge in [-0.1, -0.05) is 43.2 Å². The number of amides is 1. The van der Waals surface area contributed by atoms with E-state index in [2.05, 4.69) is 12.2 Å². The number of hydrogen-bond donors (Lipinski definition) is 1. The summed E-state index contributed by atoms with van der Waals surface area (Å²) in [4.78, 5) is 12.0. The van der Waals surface area contributed by atoms with Crippen LogP contribution in [0.25, 0.3) is 0 Å². The predicted molar refractivity (Wildman–Crippen MR) is 90.4 cm³/mol. The second kappa shape index (κ2) is 8.23. The van der Waals surface area contributed by atoms with Crippen molar-refractivity contribution in [2.75, 3.05) is 11.9 Å². The lowest BCUT2D eigenvalue weighted by molar-refractivity contribution is -0.115. The molecule has 2 aromatic rings. The maximum absolute atomic E-state index is 12.0. The quantitative estimate of drug-likeness (QED) is 0.771. The molecule has 0 heterocycles. The maximum atomic E-state index is 12.0.